The Morgan fingerprint density at radius 3 is 1.81 bits per heavy atom. The molecule has 0 rings (SSSR count). The topological polar surface area (TPSA) is 92.8 Å². The van der Waals surface area contributed by atoms with Gasteiger partial charge in [0.25, 0.3) is 0 Å². The van der Waals surface area contributed by atoms with E-state index in [9.17, 15) is 36.6 Å². The largest absolute Gasteiger partial charge is 0.481 e. The second-order valence-electron chi connectivity index (χ2n) is 15.9. The van der Waals surface area contributed by atoms with Gasteiger partial charge in [-0.2, -0.15) is 22.0 Å². The van der Waals surface area contributed by atoms with Crippen LogP contribution in [-0.4, -0.2) is 34.7 Å². The zero-order valence-corrected chi connectivity index (χ0v) is 42.2. The molecule has 0 saturated carbocycles. The molecule has 0 fully saturated rings. The van der Waals surface area contributed by atoms with Crippen molar-refractivity contribution < 1.29 is 36.6 Å². The number of aliphatic carboxylic acids is 1. The fourth-order valence-corrected chi connectivity index (χ4v) is 6.93. The Morgan fingerprint density at radius 1 is 0.919 bits per heavy atom. The Kier molecular flexibility index (Phi) is 34.5. The van der Waals surface area contributed by atoms with E-state index in [1.165, 1.54) is 24.3 Å². The number of nitrogens with two attached hydrogens (primary N) is 1. The second-order valence-corrected chi connectivity index (χ2v) is 16.8. The van der Waals surface area contributed by atoms with E-state index in [4.69, 9.17) is 10.7 Å². The number of nitrogens with zero attached hydrogens (tertiary/aromatic N) is 1. The number of carbonyl (C=O) groups is 2. The molecule has 0 aliphatic rings. The molecule has 0 bridgehead atoms. The van der Waals surface area contributed by atoms with Gasteiger partial charge in [0.15, 0.2) is 0 Å². The number of allylic oxidation sites excluding steroid dienone is 11. The summed E-state index contributed by atoms with van der Waals surface area (Å²) in [6.07, 6.45) is 12.2. The molecule has 356 valence electrons. The lowest BCUT2D eigenvalue weighted by molar-refractivity contribution is -0.284. The summed E-state index contributed by atoms with van der Waals surface area (Å²) in [5.74, 6) is -2.38. The molecule has 0 aliphatic carbocycles. The van der Waals surface area contributed by atoms with Crippen molar-refractivity contribution in [3.8, 4) is 12.3 Å². The maximum absolute atomic E-state index is 14.2. The van der Waals surface area contributed by atoms with Crippen LogP contribution < -0.4 is 5.73 Å². The van der Waals surface area contributed by atoms with E-state index in [1.54, 1.807) is 20.8 Å². The number of halogens is 5. The van der Waals surface area contributed by atoms with Gasteiger partial charge in [-0.1, -0.05) is 124 Å². The lowest BCUT2D eigenvalue weighted by Gasteiger charge is -2.34. The lowest BCUT2D eigenvalue weighted by Crippen LogP contribution is -2.35. The van der Waals surface area contributed by atoms with Crippen molar-refractivity contribution in [1.82, 2.24) is 0 Å². The quantitative estimate of drug-likeness (QED) is 0.0461. The number of terminal acetylenes is 1. The van der Waals surface area contributed by atoms with E-state index in [1.807, 2.05) is 53.9 Å². The highest BCUT2D eigenvalue weighted by Gasteiger charge is 2.56. The summed E-state index contributed by atoms with van der Waals surface area (Å²) in [5, 5.41) is 11.8. The van der Waals surface area contributed by atoms with Crippen LogP contribution in [0.3, 0.4) is 0 Å². The van der Waals surface area contributed by atoms with E-state index in [2.05, 4.69) is 84.8 Å². The molecule has 11 heteroatoms. The Hall–Kier alpha value is -3.65. The molecule has 0 spiro atoms. The number of hydrogen-bond acceptors (Lipinski definition) is 5. The minimum Gasteiger partial charge on any atom is -0.481 e. The summed E-state index contributed by atoms with van der Waals surface area (Å²) in [6.45, 7) is 37.8. The van der Waals surface area contributed by atoms with Gasteiger partial charge in [0.05, 0.1) is 10.8 Å². The SMILES string of the molecule is C#CC.C=C(S/C=C(\CCC)CC(C)(C)C(=O)O)[C@](C)(C(=O)CCC)C(/C(C)=C/CCC)=C(N)/N=C(\C)C(=CCC)C(/C=C\C)=C(/C)C(C)C.CC.CCCC(F)(F)C(F)(F)F. The molecule has 62 heavy (non-hydrogen) atoms. The molecule has 0 saturated heterocycles. The van der Waals surface area contributed by atoms with Gasteiger partial charge in [0.2, 0.25) is 0 Å². The fraction of sp³-hybridized carbons (Fsp3) is 0.627. The minimum atomic E-state index is -5.39. The van der Waals surface area contributed by atoms with Crippen molar-refractivity contribution in [2.24, 2.45) is 27.5 Å². The van der Waals surface area contributed by atoms with Crippen LogP contribution in [0.15, 0.2) is 85.4 Å². The molecule has 0 heterocycles. The highest BCUT2D eigenvalue weighted by atomic mass is 32.2. The minimum absolute atomic E-state index is 0.0401. The van der Waals surface area contributed by atoms with Crippen molar-refractivity contribution in [3.63, 3.8) is 0 Å². The van der Waals surface area contributed by atoms with E-state index in [0.717, 1.165) is 60.1 Å². The summed E-state index contributed by atoms with van der Waals surface area (Å²) in [7, 11) is 0. The molecule has 1 atom stereocenters. The zero-order valence-electron chi connectivity index (χ0n) is 41.4. The van der Waals surface area contributed by atoms with Gasteiger partial charge < -0.3 is 10.8 Å². The van der Waals surface area contributed by atoms with Gasteiger partial charge in [0.1, 0.15) is 11.6 Å². The second kappa shape index (κ2) is 32.9. The van der Waals surface area contributed by atoms with Gasteiger partial charge in [0, 0.05) is 24.1 Å². The molecule has 0 amide bonds. The van der Waals surface area contributed by atoms with Crippen molar-refractivity contribution in [3.05, 3.63) is 80.5 Å². The van der Waals surface area contributed by atoms with Gasteiger partial charge >= 0.3 is 18.1 Å². The van der Waals surface area contributed by atoms with Crippen LogP contribution in [0.5, 0.6) is 0 Å². The first kappa shape index (κ1) is 65.0. The highest BCUT2D eigenvalue weighted by Crippen LogP contribution is 2.48. The van der Waals surface area contributed by atoms with Crippen LogP contribution in [0.1, 0.15) is 182 Å². The Balaban J connectivity index is -0.000000954. The first-order valence-electron chi connectivity index (χ1n) is 22.0. The Labute approximate surface area is 378 Å². The third-order valence-corrected chi connectivity index (χ3v) is 10.8. The molecule has 0 radical (unpaired) electrons. The van der Waals surface area contributed by atoms with Gasteiger partial charge in [-0.05, 0) is 120 Å². The first-order valence-corrected chi connectivity index (χ1v) is 22.9. The number of unbranched alkanes of at least 4 members (excludes halogenated alkanes) is 1. The summed E-state index contributed by atoms with van der Waals surface area (Å²) >= 11 is 1.41. The van der Waals surface area contributed by atoms with Gasteiger partial charge in [-0.15, -0.1) is 24.1 Å². The van der Waals surface area contributed by atoms with E-state index >= 15 is 0 Å². The van der Waals surface area contributed by atoms with E-state index in [-0.39, 0.29) is 12.2 Å². The Bertz CT molecular complexity index is 1650. The molecular formula is C51H83F5N2O3S. The lowest BCUT2D eigenvalue weighted by atomic mass is 9.73. The predicted molar refractivity (Wildman–Crippen MR) is 259 cm³/mol. The monoisotopic (exact) mass is 899 g/mol. The molecule has 3 N–H and O–H groups in total. The third kappa shape index (κ3) is 22.6. The number of carboxylic acids is 1. The molecule has 0 aromatic rings. The standard InChI is InChI=1S/C41H66N2O3S.C5H7F5.C3H4.C2H6/c1-15-20-25-29(8)37(38(42)43-31(10)35(23-18-4)34(22-17-3)30(9)28(6)7)41(14,36(44)24-19-5)32(11)47-27-33(21-16-2)26-40(12,13)39(45)46;1-2-3-4(6,7)5(8,9)10;1-3-2;1-2/h17,22-23,25,27-28H,11,15-16,18-21,24,26,42H2,1-10,12-14H3,(H,45,46);2-3H2,1H3;1H,2H3;1-2H3/b22-17-,29-25+,33-27+,34-30-,35-23?,38-37+,43-31+;;;/t41-;;;/m1.../s1. The van der Waals surface area contributed by atoms with Crippen LogP contribution in [0.2, 0.25) is 0 Å². The van der Waals surface area contributed by atoms with Gasteiger partial charge in [-0.25, -0.2) is 4.99 Å². The normalized spacial score (nSPS) is 14.8. The molecule has 0 unspecified atom stereocenters. The number of carbonyl (C=O) groups excluding carboxylic acids is 1. The average molecular weight is 899 g/mol. The molecule has 5 nitrogen and oxygen atoms in total. The van der Waals surface area contributed by atoms with Gasteiger partial charge in [-0.3, -0.25) is 9.59 Å². The van der Waals surface area contributed by atoms with E-state index in [0.29, 0.717) is 41.5 Å². The summed E-state index contributed by atoms with van der Waals surface area (Å²) < 4.78 is 57.4. The summed E-state index contributed by atoms with van der Waals surface area (Å²) in [4.78, 5) is 31.9. The zero-order chi connectivity index (χ0) is 49.7. The first-order chi connectivity index (χ1) is 28.6. The number of rotatable bonds is 23. The number of alkyl halides is 5. The molecule has 0 aliphatic heterocycles. The van der Waals surface area contributed by atoms with Crippen LogP contribution in [0.25, 0.3) is 0 Å². The summed E-state index contributed by atoms with van der Waals surface area (Å²) in [6, 6.07) is 0. The third-order valence-electron chi connectivity index (χ3n) is 9.65. The van der Waals surface area contributed by atoms with Crippen LogP contribution in [0, 0.1) is 29.1 Å². The molecular weight excluding hydrogens is 816 g/mol. The number of aliphatic imine (C=N–C) groups is 1. The number of hydrogen-bond donors (Lipinski definition) is 2. The van der Waals surface area contributed by atoms with Crippen LogP contribution >= 0.6 is 11.8 Å². The van der Waals surface area contributed by atoms with Crippen molar-refractivity contribution >= 4 is 29.2 Å². The number of Topliss-reactive ketones (excluding diaryl/α,β-unsaturated/α-hetero) is 1. The van der Waals surface area contributed by atoms with Crippen LogP contribution in [-0.2, 0) is 9.59 Å². The average Bonchev–Trinajstić information content (AvgIpc) is 3.17. The maximum Gasteiger partial charge on any atom is 0.453 e. The summed E-state index contributed by atoms with van der Waals surface area (Å²) in [5.41, 5.74) is 11.9. The van der Waals surface area contributed by atoms with E-state index < -0.39 is 35.3 Å². The smallest absolute Gasteiger partial charge is 0.453 e. The maximum atomic E-state index is 14.2. The predicted octanol–water partition coefficient (Wildman–Crippen LogP) is 16.7. The number of thioether (sulfide) groups is 1. The highest BCUT2D eigenvalue weighted by molar-refractivity contribution is 8.05. The van der Waals surface area contributed by atoms with Crippen molar-refractivity contribution in [2.75, 3.05) is 0 Å². The van der Waals surface area contributed by atoms with Crippen molar-refractivity contribution in [1.29, 1.82) is 0 Å². The fourth-order valence-electron chi connectivity index (χ4n) is 5.97. The number of ketones is 1. The van der Waals surface area contributed by atoms with Crippen molar-refractivity contribution in [2.45, 2.75) is 194 Å². The number of carboxylic acid groups (broad SMARTS) is 1. The Morgan fingerprint density at radius 2 is 1.44 bits per heavy atom. The molecule has 0 aromatic heterocycles. The van der Waals surface area contributed by atoms with Crippen LogP contribution in [0.4, 0.5) is 22.0 Å². The molecule has 0 aromatic carbocycles.